The summed E-state index contributed by atoms with van der Waals surface area (Å²) in [5.41, 5.74) is 0.617. The molecule has 3 atom stereocenters. The van der Waals surface area contributed by atoms with E-state index >= 15 is 0 Å². The van der Waals surface area contributed by atoms with Gasteiger partial charge in [-0.1, -0.05) is 25.0 Å². The quantitative estimate of drug-likeness (QED) is 0.756. The van der Waals surface area contributed by atoms with Gasteiger partial charge in [0.25, 0.3) is 0 Å². The first-order chi connectivity index (χ1) is 12.4. The summed E-state index contributed by atoms with van der Waals surface area (Å²) in [4.78, 5) is 12.1. The number of hydrogen-bond donors (Lipinski definition) is 1. The molecule has 2 fully saturated rings. The van der Waals surface area contributed by atoms with Crippen molar-refractivity contribution < 1.29 is 22.3 Å². The third kappa shape index (κ3) is 4.62. The predicted octanol–water partition coefficient (Wildman–Crippen LogP) is 2.26. The van der Waals surface area contributed by atoms with Gasteiger partial charge in [0.2, 0.25) is 10.0 Å². The Morgan fingerprint density at radius 2 is 2.04 bits per heavy atom. The molecule has 1 aliphatic heterocycles. The van der Waals surface area contributed by atoms with E-state index in [2.05, 4.69) is 5.32 Å². The molecule has 152 valence electrons. The Kier molecular flexibility index (Phi) is 7.62. The van der Waals surface area contributed by atoms with Crippen molar-refractivity contribution in [2.45, 2.75) is 37.0 Å². The molecule has 0 bridgehead atoms. The van der Waals surface area contributed by atoms with Gasteiger partial charge in [-0.3, -0.25) is 4.79 Å². The van der Waals surface area contributed by atoms with Crippen LogP contribution in [0, 0.1) is 11.7 Å². The van der Waals surface area contributed by atoms with Gasteiger partial charge >= 0.3 is 5.97 Å². The first kappa shape index (κ1) is 22.1. The minimum Gasteiger partial charge on any atom is -0.469 e. The van der Waals surface area contributed by atoms with Crippen LogP contribution in [0.15, 0.2) is 24.3 Å². The average molecular weight is 421 g/mol. The standard InChI is InChI=1S/C18H25FN2O4S.ClH/c1-25-18(22)15-7-2-3-8-17(15)26(23,24)21-10-9-20-12-16(21)13-5-4-6-14(19)11-13;/h4-6,11,15-17,20H,2-3,7-10,12H2,1H3;1H. The van der Waals surface area contributed by atoms with Gasteiger partial charge in [0.05, 0.1) is 24.3 Å². The number of carbonyl (C=O) groups is 1. The molecule has 3 unspecified atom stereocenters. The molecule has 1 saturated heterocycles. The molecule has 1 heterocycles. The zero-order chi connectivity index (χ0) is 18.7. The number of esters is 1. The normalized spacial score (nSPS) is 26.8. The molecular weight excluding hydrogens is 395 g/mol. The molecule has 0 radical (unpaired) electrons. The largest absolute Gasteiger partial charge is 0.469 e. The van der Waals surface area contributed by atoms with Crippen molar-refractivity contribution in [1.82, 2.24) is 9.62 Å². The number of methoxy groups -OCH3 is 1. The summed E-state index contributed by atoms with van der Waals surface area (Å²) in [6.07, 6.45) is 2.56. The number of hydrogen-bond acceptors (Lipinski definition) is 5. The first-order valence-corrected chi connectivity index (χ1v) is 10.5. The molecule has 6 nitrogen and oxygen atoms in total. The van der Waals surface area contributed by atoms with Crippen LogP contribution in [-0.2, 0) is 19.6 Å². The number of sulfonamides is 1. The topological polar surface area (TPSA) is 75.7 Å². The minimum atomic E-state index is -3.73. The maximum Gasteiger partial charge on any atom is 0.310 e. The molecule has 1 saturated carbocycles. The molecule has 27 heavy (non-hydrogen) atoms. The SMILES string of the molecule is COC(=O)C1CCCCC1S(=O)(=O)N1CCNCC1c1cccc(F)c1.Cl. The van der Waals surface area contributed by atoms with Gasteiger partial charge in [0.1, 0.15) is 5.82 Å². The van der Waals surface area contributed by atoms with Gasteiger partial charge in [0.15, 0.2) is 0 Å². The van der Waals surface area contributed by atoms with Crippen LogP contribution in [0.1, 0.15) is 37.3 Å². The van der Waals surface area contributed by atoms with Crippen LogP contribution >= 0.6 is 12.4 Å². The van der Waals surface area contributed by atoms with E-state index in [1.54, 1.807) is 12.1 Å². The molecule has 0 amide bonds. The van der Waals surface area contributed by atoms with E-state index in [9.17, 15) is 17.6 Å². The Bertz CT molecular complexity index is 761. The van der Waals surface area contributed by atoms with Crippen molar-refractivity contribution >= 4 is 28.4 Å². The summed E-state index contributed by atoms with van der Waals surface area (Å²) in [5.74, 6) is -1.49. The average Bonchev–Trinajstić information content (AvgIpc) is 2.67. The second-order valence-corrected chi connectivity index (χ2v) is 8.99. The van der Waals surface area contributed by atoms with Crippen molar-refractivity contribution in [1.29, 1.82) is 0 Å². The van der Waals surface area contributed by atoms with Crippen LogP contribution in [0.4, 0.5) is 4.39 Å². The highest BCUT2D eigenvalue weighted by atomic mass is 35.5. The van der Waals surface area contributed by atoms with Crippen LogP contribution in [0.2, 0.25) is 0 Å². The lowest BCUT2D eigenvalue weighted by Gasteiger charge is -2.40. The zero-order valence-electron chi connectivity index (χ0n) is 15.3. The number of nitrogens with one attached hydrogen (secondary N) is 1. The Labute approximate surface area is 165 Å². The molecule has 9 heteroatoms. The highest BCUT2D eigenvalue weighted by Gasteiger charge is 2.45. The van der Waals surface area contributed by atoms with Gasteiger partial charge in [0, 0.05) is 19.6 Å². The third-order valence-electron chi connectivity index (χ3n) is 5.34. The van der Waals surface area contributed by atoms with Gasteiger partial charge in [-0.2, -0.15) is 4.31 Å². The van der Waals surface area contributed by atoms with Crippen molar-refractivity contribution in [3.05, 3.63) is 35.6 Å². The number of carbonyl (C=O) groups excluding carboxylic acids is 1. The molecule has 0 aromatic heterocycles. The fourth-order valence-corrected chi connectivity index (χ4v) is 6.41. The molecule has 1 aromatic rings. The zero-order valence-corrected chi connectivity index (χ0v) is 16.9. The maximum absolute atomic E-state index is 13.7. The summed E-state index contributed by atoms with van der Waals surface area (Å²) in [7, 11) is -2.44. The first-order valence-electron chi connectivity index (χ1n) is 9.00. The van der Waals surface area contributed by atoms with E-state index in [0.717, 1.165) is 12.8 Å². The van der Waals surface area contributed by atoms with Gasteiger partial charge in [-0.25, -0.2) is 12.8 Å². The van der Waals surface area contributed by atoms with Crippen LogP contribution in [-0.4, -0.2) is 50.7 Å². The van der Waals surface area contributed by atoms with E-state index in [1.165, 1.54) is 23.5 Å². The summed E-state index contributed by atoms with van der Waals surface area (Å²) in [6, 6.07) is 5.56. The molecule has 1 N–H and O–H groups in total. The number of piperazine rings is 1. The van der Waals surface area contributed by atoms with Crippen LogP contribution < -0.4 is 5.32 Å². The van der Waals surface area contributed by atoms with Crippen LogP contribution in [0.25, 0.3) is 0 Å². The number of rotatable bonds is 4. The molecule has 1 aromatic carbocycles. The van der Waals surface area contributed by atoms with Crippen molar-refractivity contribution in [2.75, 3.05) is 26.7 Å². The third-order valence-corrected chi connectivity index (χ3v) is 7.76. The number of ether oxygens (including phenoxy) is 1. The lowest BCUT2D eigenvalue weighted by atomic mass is 9.89. The summed E-state index contributed by atoms with van der Waals surface area (Å²) in [5, 5.41) is 2.40. The van der Waals surface area contributed by atoms with Crippen LogP contribution in [0.5, 0.6) is 0 Å². The second-order valence-electron chi connectivity index (χ2n) is 6.88. The van der Waals surface area contributed by atoms with Gasteiger partial charge in [-0.15, -0.1) is 12.4 Å². The lowest BCUT2D eigenvalue weighted by Crippen LogP contribution is -2.53. The summed E-state index contributed by atoms with van der Waals surface area (Å²) < 4.78 is 46.8. The second kappa shape index (κ2) is 9.32. The molecule has 3 rings (SSSR count). The molecule has 2 aliphatic rings. The van der Waals surface area contributed by atoms with E-state index in [4.69, 9.17) is 4.74 Å². The summed E-state index contributed by atoms with van der Waals surface area (Å²) >= 11 is 0. The van der Waals surface area contributed by atoms with Crippen molar-refractivity contribution in [3.8, 4) is 0 Å². The summed E-state index contributed by atoms with van der Waals surface area (Å²) in [6.45, 7) is 1.24. The van der Waals surface area contributed by atoms with E-state index in [1.807, 2.05) is 0 Å². The van der Waals surface area contributed by atoms with Crippen molar-refractivity contribution in [2.24, 2.45) is 5.92 Å². The monoisotopic (exact) mass is 420 g/mol. The van der Waals surface area contributed by atoms with E-state index in [0.29, 0.717) is 38.0 Å². The van der Waals surface area contributed by atoms with Crippen LogP contribution in [0.3, 0.4) is 0 Å². The molecule has 1 aliphatic carbocycles. The smallest absolute Gasteiger partial charge is 0.310 e. The van der Waals surface area contributed by atoms with Gasteiger partial charge in [-0.05, 0) is 30.5 Å². The number of nitrogens with zero attached hydrogens (tertiary/aromatic N) is 1. The fourth-order valence-electron chi connectivity index (χ4n) is 4.04. The number of halogens is 2. The minimum absolute atomic E-state index is 0. The highest BCUT2D eigenvalue weighted by Crippen LogP contribution is 2.36. The highest BCUT2D eigenvalue weighted by molar-refractivity contribution is 7.89. The predicted molar refractivity (Wildman–Crippen MR) is 103 cm³/mol. The Hall–Kier alpha value is -1.22. The lowest BCUT2D eigenvalue weighted by molar-refractivity contribution is -0.146. The maximum atomic E-state index is 13.7. The van der Waals surface area contributed by atoms with E-state index < -0.39 is 39.0 Å². The Morgan fingerprint density at radius 1 is 1.30 bits per heavy atom. The van der Waals surface area contributed by atoms with Gasteiger partial charge < -0.3 is 10.1 Å². The van der Waals surface area contributed by atoms with E-state index in [-0.39, 0.29) is 12.4 Å². The fraction of sp³-hybridized carbons (Fsp3) is 0.611. The Morgan fingerprint density at radius 3 is 2.74 bits per heavy atom. The Balaban J connectivity index is 0.00000261. The number of benzene rings is 1. The molecular formula is C18H26ClFN2O4S. The van der Waals surface area contributed by atoms with Crippen molar-refractivity contribution in [3.63, 3.8) is 0 Å². The molecule has 0 spiro atoms.